The van der Waals surface area contributed by atoms with Crippen molar-refractivity contribution in [2.24, 2.45) is 10.9 Å². The van der Waals surface area contributed by atoms with E-state index in [0.717, 1.165) is 56.1 Å². The van der Waals surface area contributed by atoms with Crippen molar-refractivity contribution in [3.05, 3.63) is 58.6 Å². The van der Waals surface area contributed by atoms with Crippen LogP contribution in [0.2, 0.25) is 0 Å². The molecule has 1 saturated heterocycles. The molecular formula is C24H28N6. The van der Waals surface area contributed by atoms with Crippen LogP contribution in [0.5, 0.6) is 0 Å². The topological polar surface area (TPSA) is 71.3 Å². The van der Waals surface area contributed by atoms with Gasteiger partial charge in [0.2, 0.25) is 0 Å². The van der Waals surface area contributed by atoms with Gasteiger partial charge in [0.25, 0.3) is 0 Å². The Balaban J connectivity index is 1.42. The number of likely N-dealkylation sites (tertiary alicyclic amines) is 1. The average Bonchev–Trinajstić information content (AvgIpc) is 3.33. The van der Waals surface area contributed by atoms with Crippen LogP contribution >= 0.6 is 0 Å². The van der Waals surface area contributed by atoms with E-state index >= 15 is 0 Å². The number of nitrogens with one attached hydrogen (secondary N) is 1. The van der Waals surface area contributed by atoms with Crippen LogP contribution in [0.15, 0.2) is 47.4 Å². The number of nitriles is 1. The maximum Gasteiger partial charge on any atom is 0.138 e. The fourth-order valence-corrected chi connectivity index (χ4v) is 4.58. The first-order chi connectivity index (χ1) is 14.7. The van der Waals surface area contributed by atoms with E-state index in [4.69, 9.17) is 5.26 Å². The second-order valence-electron chi connectivity index (χ2n) is 8.63. The Morgan fingerprint density at radius 2 is 2.17 bits per heavy atom. The van der Waals surface area contributed by atoms with Crippen molar-refractivity contribution in [1.29, 1.82) is 5.26 Å². The number of aromatic nitrogens is 2. The standard InChI is InChI=1S/C24H28N6/c1-2-17-11-22(21-7-9-26-24(21)28-13-17)29-10-8-20(16-29)30(15-18-3-4-18)23-6-5-19(12-25)14-27-23/h5-7,9,13-14,18,20H,2-4,8,10-11,15-16H2,1H3,(H,26,28). The van der Waals surface area contributed by atoms with Crippen LogP contribution < -0.4 is 15.6 Å². The fraction of sp³-hybridized carbons (Fsp3) is 0.458. The number of nitrogens with zero attached hydrogens (tertiary/aromatic N) is 5. The van der Waals surface area contributed by atoms with Gasteiger partial charge in [-0.05, 0) is 55.4 Å². The first-order valence-electron chi connectivity index (χ1n) is 11.0. The van der Waals surface area contributed by atoms with E-state index in [1.54, 1.807) is 6.20 Å². The largest absolute Gasteiger partial charge is 0.372 e. The van der Waals surface area contributed by atoms with Crippen LogP contribution in [0.25, 0.3) is 5.70 Å². The number of hydrogen-bond donors (Lipinski definition) is 1. The summed E-state index contributed by atoms with van der Waals surface area (Å²) in [6.45, 7) is 5.33. The molecule has 0 aromatic carbocycles. The molecular weight excluding hydrogens is 372 g/mol. The molecule has 3 aliphatic rings. The highest BCUT2D eigenvalue weighted by atomic mass is 15.3. The van der Waals surface area contributed by atoms with Gasteiger partial charge >= 0.3 is 0 Å². The van der Waals surface area contributed by atoms with Crippen molar-refractivity contribution in [3.63, 3.8) is 0 Å². The van der Waals surface area contributed by atoms with Crippen LogP contribution in [0.3, 0.4) is 0 Å². The first-order valence-corrected chi connectivity index (χ1v) is 11.0. The van der Waals surface area contributed by atoms with Gasteiger partial charge in [-0.1, -0.05) is 6.92 Å². The second-order valence-corrected chi connectivity index (χ2v) is 8.63. The second kappa shape index (κ2) is 7.98. The van der Waals surface area contributed by atoms with Crippen molar-refractivity contribution in [1.82, 2.24) is 14.9 Å². The minimum atomic E-state index is 0.440. The van der Waals surface area contributed by atoms with E-state index in [0.29, 0.717) is 11.6 Å². The van der Waals surface area contributed by atoms with Crippen LogP contribution in [0, 0.1) is 17.2 Å². The normalized spacial score (nSPS) is 20.8. The summed E-state index contributed by atoms with van der Waals surface area (Å²) in [5.41, 5.74) is 4.36. The highest BCUT2D eigenvalue weighted by molar-refractivity contribution is 5.50. The van der Waals surface area contributed by atoms with Gasteiger partial charge in [-0.25, -0.2) is 9.98 Å². The van der Waals surface area contributed by atoms with Gasteiger partial charge in [-0.2, -0.15) is 5.26 Å². The van der Waals surface area contributed by atoms with Gasteiger partial charge in [0, 0.05) is 61.6 Å². The Labute approximate surface area is 177 Å². The van der Waals surface area contributed by atoms with Crippen LogP contribution in [0.4, 0.5) is 5.82 Å². The summed E-state index contributed by atoms with van der Waals surface area (Å²) < 4.78 is 0. The summed E-state index contributed by atoms with van der Waals surface area (Å²) >= 11 is 0. The van der Waals surface area contributed by atoms with Gasteiger partial charge in [-0.15, -0.1) is 0 Å². The molecule has 2 aromatic heterocycles. The zero-order valence-electron chi connectivity index (χ0n) is 17.5. The Morgan fingerprint density at radius 3 is 2.90 bits per heavy atom. The van der Waals surface area contributed by atoms with E-state index in [9.17, 15) is 0 Å². The SMILES string of the molecule is CCC1=CN=c2[nH]ccc2=C(N2CCC(N(CC3CC3)c3ccc(C#N)cn3)C2)C1. The third-order valence-corrected chi connectivity index (χ3v) is 6.57. The van der Waals surface area contributed by atoms with E-state index in [2.05, 4.69) is 43.8 Å². The lowest BCUT2D eigenvalue weighted by Crippen LogP contribution is -2.40. The molecule has 2 aliphatic heterocycles. The minimum Gasteiger partial charge on any atom is -0.372 e. The minimum absolute atomic E-state index is 0.440. The van der Waals surface area contributed by atoms with Crippen molar-refractivity contribution >= 4 is 11.5 Å². The highest BCUT2D eigenvalue weighted by Crippen LogP contribution is 2.34. The maximum atomic E-state index is 9.11. The molecule has 0 amide bonds. The maximum absolute atomic E-state index is 9.11. The third kappa shape index (κ3) is 3.72. The molecule has 0 bridgehead atoms. The fourth-order valence-electron chi connectivity index (χ4n) is 4.58. The number of fused-ring (bicyclic) bond motifs is 1. The molecule has 6 nitrogen and oxygen atoms in total. The summed E-state index contributed by atoms with van der Waals surface area (Å²) in [7, 11) is 0. The molecule has 0 spiro atoms. The third-order valence-electron chi connectivity index (χ3n) is 6.57. The molecule has 6 heteroatoms. The Bertz CT molecular complexity index is 1100. The average molecular weight is 401 g/mol. The summed E-state index contributed by atoms with van der Waals surface area (Å²) in [5.74, 6) is 1.79. The van der Waals surface area contributed by atoms with Crippen LogP contribution in [-0.4, -0.2) is 40.5 Å². The molecule has 1 aliphatic carbocycles. The highest BCUT2D eigenvalue weighted by Gasteiger charge is 2.34. The molecule has 1 saturated carbocycles. The van der Waals surface area contributed by atoms with Crippen molar-refractivity contribution in [3.8, 4) is 6.07 Å². The molecule has 30 heavy (non-hydrogen) atoms. The Hall–Kier alpha value is -3.07. The zero-order valence-corrected chi connectivity index (χ0v) is 17.5. The molecule has 154 valence electrons. The Kier molecular flexibility index (Phi) is 5.04. The van der Waals surface area contributed by atoms with E-state index in [-0.39, 0.29) is 0 Å². The lowest BCUT2D eigenvalue weighted by atomic mass is 10.1. The lowest BCUT2D eigenvalue weighted by Gasteiger charge is -2.31. The molecule has 2 aromatic rings. The number of H-pyrrole nitrogens is 1. The van der Waals surface area contributed by atoms with Crippen LogP contribution in [-0.2, 0) is 0 Å². The quantitative estimate of drug-likeness (QED) is 0.809. The number of anilines is 1. The monoisotopic (exact) mass is 400 g/mol. The molecule has 4 heterocycles. The number of aromatic amines is 1. The van der Waals surface area contributed by atoms with Gasteiger partial charge in [0.05, 0.1) is 5.56 Å². The van der Waals surface area contributed by atoms with Gasteiger partial charge in [-0.3, -0.25) is 0 Å². The smallest absolute Gasteiger partial charge is 0.138 e. The summed E-state index contributed by atoms with van der Waals surface area (Å²) in [6.07, 6.45) is 11.5. The molecule has 1 N–H and O–H groups in total. The van der Waals surface area contributed by atoms with E-state index in [1.807, 2.05) is 24.5 Å². The Morgan fingerprint density at radius 1 is 1.27 bits per heavy atom. The lowest BCUT2D eigenvalue weighted by molar-refractivity contribution is 0.459. The molecule has 1 atom stereocenters. The van der Waals surface area contributed by atoms with Crippen molar-refractivity contribution in [2.75, 3.05) is 24.5 Å². The predicted molar refractivity (Wildman–Crippen MR) is 117 cm³/mol. The summed E-state index contributed by atoms with van der Waals surface area (Å²) in [4.78, 5) is 17.7. The predicted octanol–water partition coefficient (Wildman–Crippen LogP) is 2.70. The molecule has 0 radical (unpaired) electrons. The van der Waals surface area contributed by atoms with Gasteiger partial charge in [0.15, 0.2) is 0 Å². The molecule has 5 rings (SSSR count). The van der Waals surface area contributed by atoms with Crippen molar-refractivity contribution < 1.29 is 0 Å². The number of rotatable bonds is 6. The summed E-state index contributed by atoms with van der Waals surface area (Å²) in [6, 6.07) is 8.69. The van der Waals surface area contributed by atoms with Gasteiger partial charge < -0.3 is 14.8 Å². The molecule has 1 unspecified atom stereocenters. The van der Waals surface area contributed by atoms with Crippen LogP contribution in [0.1, 0.15) is 44.6 Å². The van der Waals surface area contributed by atoms with Crippen molar-refractivity contribution in [2.45, 2.75) is 45.1 Å². The van der Waals surface area contributed by atoms with Gasteiger partial charge in [0.1, 0.15) is 17.4 Å². The number of pyridine rings is 1. The van der Waals surface area contributed by atoms with E-state index in [1.165, 1.54) is 29.3 Å². The first kappa shape index (κ1) is 18.9. The summed E-state index contributed by atoms with van der Waals surface area (Å²) in [5, 5.41) is 10.3. The molecule has 2 fully saturated rings. The zero-order chi connectivity index (χ0) is 20.5. The van der Waals surface area contributed by atoms with E-state index < -0.39 is 0 Å². The number of hydrogen-bond acceptors (Lipinski definition) is 5.